The summed E-state index contributed by atoms with van der Waals surface area (Å²) in [5.74, 6) is 0.154. The van der Waals surface area contributed by atoms with E-state index in [1.165, 1.54) is 31.4 Å². The van der Waals surface area contributed by atoms with Crippen LogP contribution in [0.5, 0.6) is 0 Å². The number of amides is 1. The quantitative estimate of drug-likeness (QED) is 0.758. The van der Waals surface area contributed by atoms with Gasteiger partial charge in [-0.1, -0.05) is 42.1 Å². The van der Waals surface area contributed by atoms with Gasteiger partial charge in [0.25, 0.3) is 5.91 Å². The minimum absolute atomic E-state index is 0.107. The zero-order chi connectivity index (χ0) is 18.0. The maximum Gasteiger partial charge on any atom is 0.259 e. The molecule has 0 spiro atoms. The SMILES string of the molecule is Cc1onc(-c2c(F)cccc2Cl)c1C(=O)N(C)CC1CCCCC1. The van der Waals surface area contributed by atoms with Crippen LogP contribution in [0.4, 0.5) is 4.39 Å². The van der Waals surface area contributed by atoms with Gasteiger partial charge in [-0.25, -0.2) is 4.39 Å². The summed E-state index contributed by atoms with van der Waals surface area (Å²) in [7, 11) is 1.77. The molecule has 1 aromatic carbocycles. The van der Waals surface area contributed by atoms with E-state index in [9.17, 15) is 9.18 Å². The molecule has 1 amide bonds. The second kappa shape index (κ2) is 7.56. The van der Waals surface area contributed by atoms with Crippen molar-refractivity contribution in [2.24, 2.45) is 5.92 Å². The van der Waals surface area contributed by atoms with Crippen molar-refractivity contribution in [3.05, 3.63) is 40.4 Å². The minimum atomic E-state index is -0.523. The van der Waals surface area contributed by atoms with Crippen LogP contribution in [0.3, 0.4) is 0 Å². The molecule has 6 heteroatoms. The number of hydrogen-bond acceptors (Lipinski definition) is 3. The predicted molar refractivity (Wildman–Crippen MR) is 95.2 cm³/mol. The fourth-order valence-electron chi connectivity index (χ4n) is 3.55. The van der Waals surface area contributed by atoms with Crippen LogP contribution < -0.4 is 0 Å². The summed E-state index contributed by atoms with van der Waals surface area (Å²) < 4.78 is 19.5. The van der Waals surface area contributed by atoms with Crippen molar-refractivity contribution in [1.29, 1.82) is 0 Å². The van der Waals surface area contributed by atoms with E-state index >= 15 is 0 Å². The lowest BCUT2D eigenvalue weighted by atomic mass is 9.89. The maximum absolute atomic E-state index is 14.3. The Hall–Kier alpha value is -1.88. The maximum atomic E-state index is 14.3. The van der Waals surface area contributed by atoms with Crippen LogP contribution in [0.1, 0.15) is 48.2 Å². The summed E-state index contributed by atoms with van der Waals surface area (Å²) in [5, 5.41) is 4.12. The van der Waals surface area contributed by atoms with Crippen LogP contribution in [0.15, 0.2) is 22.7 Å². The third-order valence-corrected chi connectivity index (χ3v) is 5.19. The molecule has 0 unspecified atom stereocenters. The normalized spacial score (nSPS) is 15.4. The molecule has 0 atom stereocenters. The molecule has 2 aromatic rings. The van der Waals surface area contributed by atoms with Gasteiger partial charge in [-0.05, 0) is 37.8 Å². The second-order valence-corrected chi connectivity index (χ2v) is 7.16. The van der Waals surface area contributed by atoms with Crippen molar-refractivity contribution in [2.75, 3.05) is 13.6 Å². The van der Waals surface area contributed by atoms with E-state index < -0.39 is 5.82 Å². The van der Waals surface area contributed by atoms with Crippen molar-refractivity contribution in [3.63, 3.8) is 0 Å². The summed E-state index contributed by atoms with van der Waals surface area (Å²) in [5.41, 5.74) is 0.557. The van der Waals surface area contributed by atoms with Crippen molar-refractivity contribution in [3.8, 4) is 11.3 Å². The predicted octanol–water partition coefficient (Wildman–Crippen LogP) is 5.09. The lowest BCUT2D eigenvalue weighted by Crippen LogP contribution is -2.33. The highest BCUT2D eigenvalue weighted by Gasteiger charge is 2.28. The number of halogens is 2. The summed E-state index contributed by atoms with van der Waals surface area (Å²) >= 11 is 6.14. The Labute approximate surface area is 151 Å². The van der Waals surface area contributed by atoms with Gasteiger partial charge in [0.15, 0.2) is 0 Å². The molecule has 0 bridgehead atoms. The Morgan fingerprint density at radius 2 is 2.08 bits per heavy atom. The summed E-state index contributed by atoms with van der Waals surface area (Å²) in [6.45, 7) is 2.35. The van der Waals surface area contributed by atoms with Crippen molar-refractivity contribution < 1.29 is 13.7 Å². The van der Waals surface area contributed by atoms with Crippen LogP contribution in [-0.4, -0.2) is 29.6 Å². The van der Waals surface area contributed by atoms with E-state index in [0.717, 1.165) is 12.8 Å². The van der Waals surface area contributed by atoms with Gasteiger partial charge in [0.05, 0.1) is 10.6 Å². The third kappa shape index (κ3) is 3.71. The van der Waals surface area contributed by atoms with Crippen LogP contribution in [-0.2, 0) is 0 Å². The largest absolute Gasteiger partial charge is 0.360 e. The van der Waals surface area contributed by atoms with Gasteiger partial charge < -0.3 is 9.42 Å². The molecule has 0 radical (unpaired) electrons. The number of aromatic nitrogens is 1. The first kappa shape index (κ1) is 17.9. The van der Waals surface area contributed by atoms with Gasteiger partial charge in [0, 0.05) is 13.6 Å². The Kier molecular flexibility index (Phi) is 5.42. The van der Waals surface area contributed by atoms with Crippen LogP contribution in [0.2, 0.25) is 5.02 Å². The average Bonchev–Trinajstić information content (AvgIpc) is 2.96. The molecule has 1 aliphatic carbocycles. The first-order chi connectivity index (χ1) is 12.0. The lowest BCUT2D eigenvalue weighted by molar-refractivity contribution is 0.0759. The molecule has 134 valence electrons. The van der Waals surface area contributed by atoms with Gasteiger partial charge in [-0.2, -0.15) is 0 Å². The number of nitrogens with zero attached hydrogens (tertiary/aromatic N) is 2. The monoisotopic (exact) mass is 364 g/mol. The fraction of sp³-hybridized carbons (Fsp3) is 0.474. The van der Waals surface area contributed by atoms with E-state index in [1.807, 2.05) is 0 Å². The summed E-state index contributed by atoms with van der Waals surface area (Å²) in [6.07, 6.45) is 6.00. The van der Waals surface area contributed by atoms with Gasteiger partial charge in [-0.3, -0.25) is 4.79 Å². The van der Waals surface area contributed by atoms with Crippen LogP contribution in [0, 0.1) is 18.7 Å². The standard InChI is InChI=1S/C19H22ClFN2O2/c1-12-16(19(24)23(2)11-13-7-4-3-5-8-13)18(22-25-12)17-14(20)9-6-10-15(17)21/h6,9-10,13H,3-5,7-8,11H2,1-2H3. The molecule has 3 rings (SSSR count). The Morgan fingerprint density at radius 3 is 2.76 bits per heavy atom. The molecule has 1 aromatic heterocycles. The molecule has 1 aliphatic rings. The number of rotatable bonds is 4. The van der Waals surface area contributed by atoms with E-state index in [0.29, 0.717) is 18.2 Å². The number of carbonyl (C=O) groups is 1. The van der Waals surface area contributed by atoms with Gasteiger partial charge in [-0.15, -0.1) is 0 Å². The molecule has 0 N–H and O–H groups in total. The van der Waals surface area contributed by atoms with E-state index in [2.05, 4.69) is 5.16 Å². The first-order valence-corrected chi connectivity index (χ1v) is 9.03. The molecule has 25 heavy (non-hydrogen) atoms. The number of hydrogen-bond donors (Lipinski definition) is 0. The van der Waals surface area contributed by atoms with Crippen molar-refractivity contribution in [2.45, 2.75) is 39.0 Å². The minimum Gasteiger partial charge on any atom is -0.360 e. The van der Waals surface area contributed by atoms with Gasteiger partial charge >= 0.3 is 0 Å². The molecule has 0 saturated heterocycles. The number of carbonyl (C=O) groups excluding carboxylic acids is 1. The lowest BCUT2D eigenvalue weighted by Gasteiger charge is -2.27. The highest BCUT2D eigenvalue weighted by atomic mass is 35.5. The first-order valence-electron chi connectivity index (χ1n) is 8.65. The Bertz CT molecular complexity index is 749. The number of benzene rings is 1. The van der Waals surface area contributed by atoms with Crippen molar-refractivity contribution >= 4 is 17.5 Å². The molecule has 1 heterocycles. The highest BCUT2D eigenvalue weighted by molar-refractivity contribution is 6.33. The highest BCUT2D eigenvalue weighted by Crippen LogP contribution is 2.34. The zero-order valence-electron chi connectivity index (χ0n) is 14.5. The average molecular weight is 365 g/mol. The molecular weight excluding hydrogens is 343 g/mol. The van der Waals surface area contributed by atoms with Crippen LogP contribution in [0.25, 0.3) is 11.3 Å². The zero-order valence-corrected chi connectivity index (χ0v) is 15.3. The topological polar surface area (TPSA) is 46.3 Å². The molecular formula is C19H22ClFN2O2. The van der Waals surface area contributed by atoms with E-state index in [1.54, 1.807) is 24.9 Å². The summed E-state index contributed by atoms with van der Waals surface area (Å²) in [4.78, 5) is 14.7. The fourth-order valence-corrected chi connectivity index (χ4v) is 3.80. The van der Waals surface area contributed by atoms with Crippen molar-refractivity contribution in [1.82, 2.24) is 10.1 Å². The third-order valence-electron chi connectivity index (χ3n) is 4.88. The number of aryl methyl sites for hydroxylation is 1. The van der Waals surface area contributed by atoms with Crippen LogP contribution >= 0.6 is 11.6 Å². The molecule has 1 fully saturated rings. The molecule has 1 saturated carbocycles. The van der Waals surface area contributed by atoms with Gasteiger partial charge in [0.2, 0.25) is 0 Å². The Balaban J connectivity index is 1.89. The molecule has 0 aliphatic heterocycles. The molecule has 4 nitrogen and oxygen atoms in total. The summed E-state index contributed by atoms with van der Waals surface area (Å²) in [6, 6.07) is 4.39. The Morgan fingerprint density at radius 1 is 1.36 bits per heavy atom. The smallest absolute Gasteiger partial charge is 0.259 e. The van der Waals surface area contributed by atoms with E-state index in [4.69, 9.17) is 16.1 Å². The van der Waals surface area contributed by atoms with Gasteiger partial charge in [0.1, 0.15) is 22.8 Å². The van der Waals surface area contributed by atoms with E-state index in [-0.39, 0.29) is 27.8 Å². The second-order valence-electron chi connectivity index (χ2n) is 6.75.